The van der Waals surface area contributed by atoms with Crippen molar-refractivity contribution in [1.82, 2.24) is 9.88 Å². The first kappa shape index (κ1) is 19.2. The largest absolute Gasteiger partial charge is 0.381 e. The number of aromatic nitrogens is 1. The summed E-state index contributed by atoms with van der Waals surface area (Å²) in [6.07, 6.45) is 5.81. The van der Waals surface area contributed by atoms with Gasteiger partial charge in [0.25, 0.3) is 5.91 Å². The predicted molar refractivity (Wildman–Crippen MR) is 112 cm³/mol. The van der Waals surface area contributed by atoms with Crippen LogP contribution < -0.4 is 10.2 Å². The Morgan fingerprint density at radius 1 is 1.19 bits per heavy atom. The number of hydrogen-bond acceptors (Lipinski definition) is 4. The molecule has 3 rings (SSSR count). The van der Waals surface area contributed by atoms with Crippen LogP contribution in [0, 0.1) is 0 Å². The van der Waals surface area contributed by atoms with E-state index in [1.807, 2.05) is 54.4 Å². The van der Waals surface area contributed by atoms with E-state index in [0.29, 0.717) is 6.04 Å². The number of pyridine rings is 1. The van der Waals surface area contributed by atoms with Crippen molar-refractivity contribution in [2.75, 3.05) is 37.4 Å². The fraction of sp³-hybridized carbons (Fsp3) is 0.455. The fourth-order valence-electron chi connectivity index (χ4n) is 3.62. The second-order valence-electron chi connectivity index (χ2n) is 7.37. The molecule has 0 radical (unpaired) electrons. The zero-order chi connectivity index (χ0) is 19.2. The van der Waals surface area contributed by atoms with Crippen molar-refractivity contribution < 1.29 is 4.79 Å². The van der Waals surface area contributed by atoms with E-state index in [0.717, 1.165) is 61.4 Å². The molecule has 1 aromatic heterocycles. The third-order valence-corrected chi connectivity index (χ3v) is 5.22. The van der Waals surface area contributed by atoms with Crippen LogP contribution in [0.5, 0.6) is 0 Å². The van der Waals surface area contributed by atoms with Gasteiger partial charge in [0.05, 0.1) is 11.9 Å². The van der Waals surface area contributed by atoms with Gasteiger partial charge in [-0.1, -0.05) is 25.1 Å². The van der Waals surface area contributed by atoms with Gasteiger partial charge in [-0.2, -0.15) is 0 Å². The number of carbonyl (C=O) groups is 1. The zero-order valence-electron chi connectivity index (χ0n) is 16.6. The third kappa shape index (κ3) is 4.79. The molecule has 0 aliphatic carbocycles. The molecule has 1 saturated heterocycles. The highest BCUT2D eigenvalue weighted by atomic mass is 16.2. The number of amides is 1. The highest BCUT2D eigenvalue weighted by Gasteiger charge is 2.22. The number of nitrogens with one attached hydrogen (secondary N) is 1. The molecule has 0 unspecified atom stereocenters. The van der Waals surface area contributed by atoms with Crippen molar-refractivity contribution in [1.29, 1.82) is 0 Å². The van der Waals surface area contributed by atoms with Crippen molar-refractivity contribution in [2.24, 2.45) is 0 Å². The van der Waals surface area contributed by atoms with Crippen LogP contribution in [-0.4, -0.2) is 49.0 Å². The summed E-state index contributed by atoms with van der Waals surface area (Å²) in [5.41, 5.74) is 3.03. The monoisotopic (exact) mass is 366 g/mol. The second kappa shape index (κ2) is 8.89. The maximum Gasteiger partial charge on any atom is 0.254 e. The van der Waals surface area contributed by atoms with Crippen molar-refractivity contribution in [3.8, 4) is 0 Å². The van der Waals surface area contributed by atoms with E-state index in [-0.39, 0.29) is 5.91 Å². The molecule has 1 aliphatic heterocycles. The number of rotatable bonds is 5. The molecule has 1 atom stereocenters. The van der Waals surface area contributed by atoms with Crippen molar-refractivity contribution >= 4 is 17.4 Å². The number of anilines is 2. The quantitative estimate of drug-likeness (QED) is 0.874. The maximum atomic E-state index is 13.0. The summed E-state index contributed by atoms with van der Waals surface area (Å²) in [5.74, 6) is 1.12. The Kier molecular flexibility index (Phi) is 6.32. The van der Waals surface area contributed by atoms with Gasteiger partial charge in [0.1, 0.15) is 5.82 Å². The van der Waals surface area contributed by atoms with Gasteiger partial charge in [0.15, 0.2) is 0 Å². The zero-order valence-corrected chi connectivity index (χ0v) is 16.6. The van der Waals surface area contributed by atoms with Gasteiger partial charge >= 0.3 is 0 Å². The van der Waals surface area contributed by atoms with Crippen molar-refractivity contribution in [2.45, 2.75) is 38.6 Å². The first-order valence-electron chi connectivity index (χ1n) is 9.85. The van der Waals surface area contributed by atoms with E-state index >= 15 is 0 Å². The summed E-state index contributed by atoms with van der Waals surface area (Å²) in [5, 5.41) is 3.59. The van der Waals surface area contributed by atoms with E-state index < -0.39 is 0 Å². The molecule has 5 heteroatoms. The number of nitrogens with zero attached hydrogens (tertiary/aromatic N) is 3. The normalized spacial score (nSPS) is 17.3. The Labute approximate surface area is 162 Å². The minimum Gasteiger partial charge on any atom is -0.381 e. The first-order valence-corrected chi connectivity index (χ1v) is 9.85. The topological polar surface area (TPSA) is 48.5 Å². The Morgan fingerprint density at radius 2 is 2.00 bits per heavy atom. The standard InChI is InChI=1S/C22H30N4O/c1-4-17-8-5-6-10-20(17)22(27)26-14-7-9-18(13-15-26)24-19-11-12-21(23-16-19)25(2)3/h5-6,8,10-12,16,18,24H,4,7,9,13-15H2,1-3H3/t18-/m0/s1. The summed E-state index contributed by atoms with van der Waals surface area (Å²) in [6.45, 7) is 3.72. The number of benzene rings is 1. The average molecular weight is 367 g/mol. The van der Waals surface area contributed by atoms with Crippen molar-refractivity contribution in [3.05, 3.63) is 53.7 Å². The SMILES string of the molecule is CCc1ccccc1C(=O)N1CCC[C@H](Nc2ccc(N(C)C)nc2)CC1. The van der Waals surface area contributed by atoms with E-state index in [1.54, 1.807) is 0 Å². The van der Waals surface area contributed by atoms with Crippen molar-refractivity contribution in [3.63, 3.8) is 0 Å². The molecule has 0 spiro atoms. The number of hydrogen-bond donors (Lipinski definition) is 1. The number of aryl methyl sites for hydroxylation is 1. The van der Waals surface area contributed by atoms with Crippen LogP contribution in [0.4, 0.5) is 11.5 Å². The van der Waals surface area contributed by atoms with Crippen LogP contribution in [0.15, 0.2) is 42.6 Å². The van der Waals surface area contributed by atoms with Crippen LogP contribution >= 0.6 is 0 Å². The van der Waals surface area contributed by atoms with E-state index in [2.05, 4.69) is 29.4 Å². The molecule has 1 fully saturated rings. The summed E-state index contributed by atoms with van der Waals surface area (Å²) < 4.78 is 0. The molecule has 27 heavy (non-hydrogen) atoms. The minimum absolute atomic E-state index is 0.171. The van der Waals surface area contributed by atoms with Crippen LogP contribution in [0.1, 0.15) is 42.1 Å². The summed E-state index contributed by atoms with van der Waals surface area (Å²) >= 11 is 0. The number of carbonyl (C=O) groups excluding carboxylic acids is 1. The molecule has 2 heterocycles. The van der Waals surface area contributed by atoms with Gasteiger partial charge in [-0.15, -0.1) is 0 Å². The lowest BCUT2D eigenvalue weighted by Crippen LogP contribution is -2.33. The van der Waals surface area contributed by atoms with E-state index in [1.165, 1.54) is 0 Å². The molecular formula is C22H30N4O. The lowest BCUT2D eigenvalue weighted by atomic mass is 10.0. The lowest BCUT2D eigenvalue weighted by molar-refractivity contribution is 0.0760. The van der Waals surface area contributed by atoms with Crippen LogP contribution in [0.2, 0.25) is 0 Å². The minimum atomic E-state index is 0.171. The highest BCUT2D eigenvalue weighted by Crippen LogP contribution is 2.20. The molecule has 144 valence electrons. The molecule has 5 nitrogen and oxygen atoms in total. The predicted octanol–water partition coefficient (Wildman–Crippen LogP) is 3.82. The van der Waals surface area contributed by atoms with E-state index in [9.17, 15) is 4.79 Å². The molecule has 1 aliphatic rings. The smallest absolute Gasteiger partial charge is 0.254 e. The van der Waals surface area contributed by atoms with Crippen LogP contribution in [0.3, 0.4) is 0 Å². The second-order valence-corrected chi connectivity index (χ2v) is 7.37. The van der Waals surface area contributed by atoms with Gasteiger partial charge in [0.2, 0.25) is 0 Å². The van der Waals surface area contributed by atoms with Gasteiger partial charge in [-0.05, 0) is 49.4 Å². The van der Waals surface area contributed by atoms with Crippen LogP contribution in [0.25, 0.3) is 0 Å². The molecule has 1 amide bonds. The highest BCUT2D eigenvalue weighted by molar-refractivity contribution is 5.95. The third-order valence-electron chi connectivity index (χ3n) is 5.22. The van der Waals surface area contributed by atoms with E-state index in [4.69, 9.17) is 0 Å². The van der Waals surface area contributed by atoms with Gasteiger partial charge in [-0.25, -0.2) is 4.98 Å². The molecule has 2 aromatic rings. The van der Waals surface area contributed by atoms with Gasteiger partial charge < -0.3 is 15.1 Å². The Morgan fingerprint density at radius 3 is 2.70 bits per heavy atom. The summed E-state index contributed by atoms with van der Waals surface area (Å²) in [6, 6.07) is 12.5. The molecule has 0 saturated carbocycles. The Hall–Kier alpha value is -2.56. The van der Waals surface area contributed by atoms with Gasteiger partial charge in [-0.3, -0.25) is 4.79 Å². The number of likely N-dealkylation sites (tertiary alicyclic amines) is 1. The molecule has 1 aromatic carbocycles. The fourth-order valence-corrected chi connectivity index (χ4v) is 3.62. The van der Waals surface area contributed by atoms with Crippen LogP contribution in [-0.2, 0) is 6.42 Å². The van der Waals surface area contributed by atoms with Gasteiger partial charge in [0, 0.05) is 38.8 Å². The molecular weight excluding hydrogens is 336 g/mol. The molecule has 0 bridgehead atoms. The Balaban J connectivity index is 1.61. The average Bonchev–Trinajstić information content (AvgIpc) is 2.93. The molecule has 1 N–H and O–H groups in total. The summed E-state index contributed by atoms with van der Waals surface area (Å²) in [7, 11) is 3.98. The lowest BCUT2D eigenvalue weighted by Gasteiger charge is -2.22. The maximum absolute atomic E-state index is 13.0. The summed E-state index contributed by atoms with van der Waals surface area (Å²) in [4.78, 5) is 21.5. The Bertz CT molecular complexity index is 757. The first-order chi connectivity index (χ1) is 13.1.